The summed E-state index contributed by atoms with van der Waals surface area (Å²) in [6.45, 7) is 2.32. The van der Waals surface area contributed by atoms with E-state index < -0.39 is 0 Å². The Balaban J connectivity index is 1.67. The molecule has 2 atom stereocenters. The van der Waals surface area contributed by atoms with E-state index in [1.54, 1.807) is 0 Å². The van der Waals surface area contributed by atoms with E-state index >= 15 is 0 Å². The van der Waals surface area contributed by atoms with Crippen molar-refractivity contribution in [3.8, 4) is 0 Å². The van der Waals surface area contributed by atoms with Gasteiger partial charge in [0.15, 0.2) is 0 Å². The molecule has 2 aliphatic carbocycles. The SMILES string of the molecule is CCC1CC1NC1CCCCCCC1. The van der Waals surface area contributed by atoms with Crippen LogP contribution in [0.25, 0.3) is 0 Å². The average Bonchev–Trinajstić information content (AvgIpc) is 2.88. The highest BCUT2D eigenvalue weighted by atomic mass is 15.0. The first-order valence-corrected chi connectivity index (χ1v) is 6.66. The van der Waals surface area contributed by atoms with Gasteiger partial charge in [-0.25, -0.2) is 0 Å². The summed E-state index contributed by atoms with van der Waals surface area (Å²) in [6.07, 6.45) is 13.0. The molecule has 0 heterocycles. The molecule has 0 aromatic carbocycles. The molecule has 14 heavy (non-hydrogen) atoms. The molecule has 0 radical (unpaired) electrons. The van der Waals surface area contributed by atoms with Gasteiger partial charge in [0.05, 0.1) is 0 Å². The molecule has 1 nitrogen and oxygen atoms in total. The molecule has 2 rings (SSSR count). The zero-order valence-electron chi connectivity index (χ0n) is 9.60. The highest BCUT2D eigenvalue weighted by Gasteiger charge is 2.36. The molecular weight excluding hydrogens is 170 g/mol. The van der Waals surface area contributed by atoms with Gasteiger partial charge in [0.25, 0.3) is 0 Å². The molecule has 0 aromatic heterocycles. The quantitative estimate of drug-likeness (QED) is 0.727. The van der Waals surface area contributed by atoms with Gasteiger partial charge >= 0.3 is 0 Å². The van der Waals surface area contributed by atoms with Gasteiger partial charge in [0.2, 0.25) is 0 Å². The van der Waals surface area contributed by atoms with E-state index in [0.29, 0.717) is 0 Å². The summed E-state index contributed by atoms with van der Waals surface area (Å²) in [5.41, 5.74) is 0. The molecule has 2 unspecified atom stereocenters. The van der Waals surface area contributed by atoms with E-state index in [1.807, 2.05) is 0 Å². The fraction of sp³-hybridized carbons (Fsp3) is 1.00. The molecule has 2 saturated carbocycles. The normalized spacial score (nSPS) is 34.9. The average molecular weight is 195 g/mol. The van der Waals surface area contributed by atoms with Gasteiger partial charge in [-0.2, -0.15) is 0 Å². The van der Waals surface area contributed by atoms with Gasteiger partial charge < -0.3 is 5.32 Å². The van der Waals surface area contributed by atoms with E-state index in [9.17, 15) is 0 Å². The second kappa shape index (κ2) is 5.16. The maximum absolute atomic E-state index is 3.86. The topological polar surface area (TPSA) is 12.0 Å². The molecule has 2 fully saturated rings. The van der Waals surface area contributed by atoms with Gasteiger partial charge in [0, 0.05) is 12.1 Å². The molecule has 0 aliphatic heterocycles. The molecular formula is C13H25N. The standard InChI is InChI=1S/C13H25N/c1-2-11-10-13(11)14-12-8-6-4-3-5-7-9-12/h11-14H,2-10H2,1H3. The summed E-state index contributed by atoms with van der Waals surface area (Å²) >= 11 is 0. The third kappa shape index (κ3) is 2.98. The van der Waals surface area contributed by atoms with Crippen LogP contribution in [-0.2, 0) is 0 Å². The lowest BCUT2D eigenvalue weighted by atomic mass is 9.96. The van der Waals surface area contributed by atoms with E-state index in [1.165, 1.54) is 57.8 Å². The molecule has 0 bridgehead atoms. The van der Waals surface area contributed by atoms with Crippen molar-refractivity contribution in [2.75, 3.05) is 0 Å². The van der Waals surface area contributed by atoms with Crippen LogP contribution in [0.15, 0.2) is 0 Å². The van der Waals surface area contributed by atoms with Gasteiger partial charge in [0.1, 0.15) is 0 Å². The lowest BCUT2D eigenvalue weighted by Crippen LogP contribution is -2.32. The first kappa shape index (κ1) is 10.5. The van der Waals surface area contributed by atoms with E-state index in [4.69, 9.17) is 0 Å². The summed E-state index contributed by atoms with van der Waals surface area (Å²) in [4.78, 5) is 0. The van der Waals surface area contributed by atoms with Crippen LogP contribution < -0.4 is 5.32 Å². The largest absolute Gasteiger partial charge is 0.311 e. The Morgan fingerprint density at radius 2 is 1.64 bits per heavy atom. The van der Waals surface area contributed by atoms with Crippen molar-refractivity contribution in [1.29, 1.82) is 0 Å². The Kier molecular flexibility index (Phi) is 3.86. The predicted octanol–water partition coefficient (Wildman–Crippen LogP) is 3.49. The summed E-state index contributed by atoms with van der Waals surface area (Å²) in [5.74, 6) is 1.01. The number of nitrogens with one attached hydrogen (secondary N) is 1. The molecule has 82 valence electrons. The number of rotatable bonds is 3. The Morgan fingerprint density at radius 1 is 1.00 bits per heavy atom. The molecule has 0 aromatic rings. The minimum Gasteiger partial charge on any atom is -0.311 e. The first-order chi connectivity index (χ1) is 6.90. The molecule has 2 aliphatic rings. The maximum atomic E-state index is 3.86. The van der Waals surface area contributed by atoms with Crippen molar-refractivity contribution in [1.82, 2.24) is 5.32 Å². The van der Waals surface area contributed by atoms with Gasteiger partial charge in [-0.1, -0.05) is 45.4 Å². The van der Waals surface area contributed by atoms with Crippen molar-refractivity contribution in [2.24, 2.45) is 5.92 Å². The third-order valence-corrected chi connectivity index (χ3v) is 4.00. The molecule has 1 N–H and O–H groups in total. The van der Waals surface area contributed by atoms with Crippen molar-refractivity contribution in [3.63, 3.8) is 0 Å². The van der Waals surface area contributed by atoms with Gasteiger partial charge in [-0.3, -0.25) is 0 Å². The fourth-order valence-corrected chi connectivity index (χ4v) is 2.83. The van der Waals surface area contributed by atoms with Crippen molar-refractivity contribution in [3.05, 3.63) is 0 Å². The number of hydrogen-bond acceptors (Lipinski definition) is 1. The fourth-order valence-electron chi connectivity index (χ4n) is 2.83. The Morgan fingerprint density at radius 3 is 2.21 bits per heavy atom. The molecule has 1 heteroatoms. The second-order valence-electron chi connectivity index (χ2n) is 5.22. The summed E-state index contributed by atoms with van der Waals surface area (Å²) in [5, 5.41) is 3.86. The van der Waals surface area contributed by atoms with Crippen LogP contribution in [0.2, 0.25) is 0 Å². The predicted molar refractivity (Wildman–Crippen MR) is 61.4 cm³/mol. The monoisotopic (exact) mass is 195 g/mol. The van der Waals surface area contributed by atoms with Crippen molar-refractivity contribution in [2.45, 2.75) is 76.8 Å². The van der Waals surface area contributed by atoms with Crippen molar-refractivity contribution >= 4 is 0 Å². The van der Waals surface area contributed by atoms with Crippen LogP contribution in [0.4, 0.5) is 0 Å². The van der Waals surface area contributed by atoms with E-state index in [-0.39, 0.29) is 0 Å². The summed E-state index contributed by atoms with van der Waals surface area (Å²) < 4.78 is 0. The highest BCUT2D eigenvalue weighted by molar-refractivity contribution is 4.94. The van der Waals surface area contributed by atoms with Crippen LogP contribution in [0.5, 0.6) is 0 Å². The van der Waals surface area contributed by atoms with E-state index in [0.717, 1.165) is 18.0 Å². The van der Waals surface area contributed by atoms with Crippen LogP contribution in [-0.4, -0.2) is 12.1 Å². The highest BCUT2D eigenvalue weighted by Crippen LogP contribution is 2.34. The van der Waals surface area contributed by atoms with Gasteiger partial charge in [-0.15, -0.1) is 0 Å². The minimum absolute atomic E-state index is 0.858. The van der Waals surface area contributed by atoms with Crippen LogP contribution in [0.1, 0.15) is 64.7 Å². The maximum Gasteiger partial charge on any atom is 0.0102 e. The summed E-state index contributed by atoms with van der Waals surface area (Å²) in [7, 11) is 0. The zero-order chi connectivity index (χ0) is 9.80. The van der Waals surface area contributed by atoms with Crippen molar-refractivity contribution < 1.29 is 0 Å². The Hall–Kier alpha value is -0.0400. The van der Waals surface area contributed by atoms with Crippen LogP contribution >= 0.6 is 0 Å². The molecule has 0 spiro atoms. The van der Waals surface area contributed by atoms with Gasteiger partial charge in [-0.05, 0) is 25.2 Å². The Labute approximate surface area is 88.7 Å². The number of hydrogen-bond donors (Lipinski definition) is 1. The lowest BCUT2D eigenvalue weighted by Gasteiger charge is -2.21. The third-order valence-electron chi connectivity index (χ3n) is 4.00. The van der Waals surface area contributed by atoms with Crippen LogP contribution in [0, 0.1) is 5.92 Å². The molecule has 0 amide bonds. The Bertz CT molecular complexity index is 159. The smallest absolute Gasteiger partial charge is 0.0102 e. The minimum atomic E-state index is 0.858. The second-order valence-corrected chi connectivity index (χ2v) is 5.22. The zero-order valence-corrected chi connectivity index (χ0v) is 9.60. The van der Waals surface area contributed by atoms with Crippen LogP contribution in [0.3, 0.4) is 0 Å². The first-order valence-electron chi connectivity index (χ1n) is 6.66. The lowest BCUT2D eigenvalue weighted by molar-refractivity contribution is 0.381. The van der Waals surface area contributed by atoms with E-state index in [2.05, 4.69) is 12.2 Å². The summed E-state index contributed by atoms with van der Waals surface area (Å²) in [6, 6.07) is 1.75. The molecule has 0 saturated heterocycles.